The largest absolute Gasteiger partial charge is 0.305 e. The van der Waals surface area contributed by atoms with Crippen LogP contribution in [0.5, 0.6) is 0 Å². The molecule has 0 bridgehead atoms. The molecule has 0 aliphatic rings. The Hall–Kier alpha value is -0.830. The molecule has 1 nitrogen and oxygen atoms in total. The predicted octanol–water partition coefficient (Wildman–Crippen LogP) is 4.95. The summed E-state index contributed by atoms with van der Waals surface area (Å²) in [5.41, 5.74) is 2.68. The molecule has 1 N–H and O–H groups in total. The molecule has 18 heavy (non-hydrogen) atoms. The van der Waals surface area contributed by atoms with Gasteiger partial charge in [-0.25, -0.2) is 0 Å². The van der Waals surface area contributed by atoms with Gasteiger partial charge < -0.3 is 5.32 Å². The van der Waals surface area contributed by atoms with Crippen LogP contribution in [0.1, 0.15) is 35.4 Å². The molecule has 96 valence electrons. The minimum Gasteiger partial charge on any atom is -0.305 e. The van der Waals surface area contributed by atoms with Crippen LogP contribution in [0.15, 0.2) is 35.7 Å². The van der Waals surface area contributed by atoms with E-state index in [1.165, 1.54) is 16.0 Å². The lowest BCUT2D eigenvalue weighted by atomic mass is 10.0. The second kappa shape index (κ2) is 6.37. The van der Waals surface area contributed by atoms with Gasteiger partial charge in [-0.1, -0.05) is 30.7 Å². The van der Waals surface area contributed by atoms with E-state index in [2.05, 4.69) is 42.7 Å². The molecule has 3 heteroatoms. The number of rotatable bonds is 5. The average Bonchev–Trinajstić information content (AvgIpc) is 2.78. The minimum atomic E-state index is 0.392. The molecule has 0 aliphatic carbocycles. The van der Waals surface area contributed by atoms with Crippen molar-refractivity contribution in [2.24, 2.45) is 0 Å². The van der Waals surface area contributed by atoms with Crippen LogP contribution in [0, 0.1) is 6.92 Å². The van der Waals surface area contributed by atoms with Gasteiger partial charge >= 0.3 is 0 Å². The van der Waals surface area contributed by atoms with Crippen LogP contribution < -0.4 is 5.32 Å². The van der Waals surface area contributed by atoms with E-state index in [4.69, 9.17) is 11.6 Å². The molecular formula is C15H18ClNS. The Morgan fingerprint density at radius 2 is 1.94 bits per heavy atom. The van der Waals surface area contributed by atoms with Crippen molar-refractivity contribution in [2.75, 3.05) is 0 Å². The molecular weight excluding hydrogens is 262 g/mol. The predicted molar refractivity (Wildman–Crippen MR) is 80.4 cm³/mol. The number of halogens is 1. The van der Waals surface area contributed by atoms with Gasteiger partial charge in [0.05, 0.1) is 0 Å². The monoisotopic (exact) mass is 279 g/mol. The van der Waals surface area contributed by atoms with E-state index in [0.717, 1.165) is 18.0 Å². The van der Waals surface area contributed by atoms with Crippen molar-refractivity contribution in [3.63, 3.8) is 0 Å². The first-order valence-electron chi connectivity index (χ1n) is 6.22. The van der Waals surface area contributed by atoms with E-state index in [9.17, 15) is 0 Å². The summed E-state index contributed by atoms with van der Waals surface area (Å²) < 4.78 is 0. The summed E-state index contributed by atoms with van der Waals surface area (Å²) in [5.74, 6) is 0. The molecule has 2 rings (SSSR count). The molecule has 1 aromatic carbocycles. The number of nitrogens with one attached hydrogen (secondary N) is 1. The average molecular weight is 280 g/mol. The maximum Gasteiger partial charge on any atom is 0.0406 e. The fraction of sp³-hybridized carbons (Fsp3) is 0.333. The highest BCUT2D eigenvalue weighted by Crippen LogP contribution is 2.21. The van der Waals surface area contributed by atoms with Crippen molar-refractivity contribution >= 4 is 22.9 Å². The highest BCUT2D eigenvalue weighted by Gasteiger charge is 2.09. The summed E-state index contributed by atoms with van der Waals surface area (Å²) in [6, 6.07) is 10.7. The Labute approximate surface area is 118 Å². The molecule has 0 fully saturated rings. The number of aryl methyl sites for hydroxylation is 1. The van der Waals surface area contributed by atoms with Gasteiger partial charge in [-0.3, -0.25) is 0 Å². The van der Waals surface area contributed by atoms with E-state index < -0.39 is 0 Å². The lowest BCUT2D eigenvalue weighted by Crippen LogP contribution is -2.20. The van der Waals surface area contributed by atoms with Crippen LogP contribution in [-0.2, 0) is 6.54 Å². The first kappa shape index (κ1) is 13.6. The number of benzene rings is 1. The lowest BCUT2D eigenvalue weighted by Gasteiger charge is -2.17. The highest BCUT2D eigenvalue weighted by atomic mass is 35.5. The quantitative estimate of drug-likeness (QED) is 0.816. The minimum absolute atomic E-state index is 0.392. The van der Waals surface area contributed by atoms with Crippen LogP contribution in [0.25, 0.3) is 0 Å². The normalized spacial score (nSPS) is 12.6. The van der Waals surface area contributed by atoms with Crippen molar-refractivity contribution in [3.05, 3.63) is 56.7 Å². The van der Waals surface area contributed by atoms with Gasteiger partial charge in [-0.05, 0) is 48.1 Å². The van der Waals surface area contributed by atoms with Gasteiger partial charge in [-0.2, -0.15) is 0 Å². The highest BCUT2D eigenvalue weighted by molar-refractivity contribution is 7.10. The molecule has 0 radical (unpaired) electrons. The van der Waals surface area contributed by atoms with E-state index in [1.54, 1.807) is 0 Å². The summed E-state index contributed by atoms with van der Waals surface area (Å²) in [7, 11) is 0. The fourth-order valence-electron chi connectivity index (χ4n) is 1.99. The maximum absolute atomic E-state index is 5.92. The zero-order valence-electron chi connectivity index (χ0n) is 10.7. The molecule has 0 amide bonds. The summed E-state index contributed by atoms with van der Waals surface area (Å²) in [6.45, 7) is 5.30. The van der Waals surface area contributed by atoms with E-state index in [1.807, 2.05) is 23.5 Å². The molecule has 1 aromatic heterocycles. The summed E-state index contributed by atoms with van der Waals surface area (Å²) in [5, 5.41) is 6.56. The van der Waals surface area contributed by atoms with Crippen molar-refractivity contribution in [1.29, 1.82) is 0 Å². The smallest absolute Gasteiger partial charge is 0.0406 e. The van der Waals surface area contributed by atoms with Crippen LogP contribution in [0.4, 0.5) is 0 Å². The second-order valence-corrected chi connectivity index (χ2v) is 5.86. The second-order valence-electron chi connectivity index (χ2n) is 4.42. The zero-order valence-corrected chi connectivity index (χ0v) is 12.3. The van der Waals surface area contributed by atoms with Gasteiger partial charge in [-0.15, -0.1) is 11.3 Å². The molecule has 0 aliphatic heterocycles. The standard InChI is InChI=1S/C15H18ClNS/c1-3-14(12-4-6-13(16)7-5-12)17-10-15-11(2)8-9-18-15/h4-9,14,17H,3,10H2,1-2H3. The number of hydrogen-bond acceptors (Lipinski definition) is 2. The molecule has 1 unspecified atom stereocenters. The molecule has 0 saturated heterocycles. The van der Waals surface area contributed by atoms with Crippen LogP contribution in [-0.4, -0.2) is 0 Å². The maximum atomic E-state index is 5.92. The summed E-state index contributed by atoms with van der Waals surface area (Å²) in [6.07, 6.45) is 1.08. The van der Waals surface area contributed by atoms with Gasteiger partial charge in [0, 0.05) is 22.5 Å². The molecule has 1 heterocycles. The Morgan fingerprint density at radius 1 is 1.22 bits per heavy atom. The van der Waals surface area contributed by atoms with E-state index in [0.29, 0.717) is 6.04 Å². The fourth-order valence-corrected chi connectivity index (χ4v) is 2.98. The Morgan fingerprint density at radius 3 is 2.50 bits per heavy atom. The molecule has 2 aromatic rings. The first-order valence-corrected chi connectivity index (χ1v) is 7.48. The van der Waals surface area contributed by atoms with Gasteiger partial charge in [0.2, 0.25) is 0 Å². The van der Waals surface area contributed by atoms with E-state index in [-0.39, 0.29) is 0 Å². The van der Waals surface area contributed by atoms with Crippen LogP contribution in [0.2, 0.25) is 5.02 Å². The van der Waals surface area contributed by atoms with Gasteiger partial charge in [0.25, 0.3) is 0 Å². The Balaban J connectivity index is 2.01. The Kier molecular flexibility index (Phi) is 4.81. The van der Waals surface area contributed by atoms with Gasteiger partial charge in [0.15, 0.2) is 0 Å². The van der Waals surface area contributed by atoms with Crippen LogP contribution in [0.3, 0.4) is 0 Å². The number of thiophene rings is 1. The third-order valence-corrected chi connectivity index (χ3v) is 4.43. The van der Waals surface area contributed by atoms with E-state index >= 15 is 0 Å². The molecule has 1 atom stereocenters. The van der Waals surface area contributed by atoms with Crippen molar-refractivity contribution in [2.45, 2.75) is 32.9 Å². The lowest BCUT2D eigenvalue weighted by molar-refractivity contribution is 0.521. The zero-order chi connectivity index (χ0) is 13.0. The van der Waals surface area contributed by atoms with Crippen LogP contribution >= 0.6 is 22.9 Å². The van der Waals surface area contributed by atoms with Crippen molar-refractivity contribution in [1.82, 2.24) is 5.32 Å². The van der Waals surface area contributed by atoms with Crippen molar-refractivity contribution < 1.29 is 0 Å². The number of hydrogen-bond donors (Lipinski definition) is 1. The first-order chi connectivity index (χ1) is 8.70. The molecule has 0 saturated carbocycles. The summed E-state index contributed by atoms with van der Waals surface area (Å²) in [4.78, 5) is 1.42. The third-order valence-electron chi connectivity index (χ3n) is 3.16. The SMILES string of the molecule is CCC(NCc1sccc1C)c1ccc(Cl)cc1. The van der Waals surface area contributed by atoms with Crippen molar-refractivity contribution in [3.8, 4) is 0 Å². The summed E-state index contributed by atoms with van der Waals surface area (Å²) >= 11 is 7.74. The third kappa shape index (κ3) is 3.35. The van der Waals surface area contributed by atoms with Gasteiger partial charge in [0.1, 0.15) is 0 Å². The topological polar surface area (TPSA) is 12.0 Å². The Bertz CT molecular complexity index is 489. The molecule has 0 spiro atoms.